The van der Waals surface area contributed by atoms with Crippen molar-refractivity contribution in [3.63, 3.8) is 0 Å². The minimum atomic E-state index is 0.257. The molecular formula is C10H22N2. The molecule has 0 aliphatic heterocycles. The summed E-state index contributed by atoms with van der Waals surface area (Å²) < 4.78 is 0. The van der Waals surface area contributed by atoms with Crippen molar-refractivity contribution in [2.24, 2.45) is 11.7 Å². The molecule has 2 nitrogen and oxygen atoms in total. The topological polar surface area (TPSA) is 38.0 Å². The number of likely N-dealkylation sites (N-methyl/N-ethyl adjacent to an activating group) is 1. The largest absolute Gasteiger partial charge is 0.329 e. The van der Waals surface area contributed by atoms with Gasteiger partial charge in [-0.3, -0.25) is 0 Å². The highest BCUT2D eigenvalue weighted by molar-refractivity contribution is 4.96. The number of hydrogen-bond acceptors (Lipinski definition) is 2. The molecule has 0 heterocycles. The fraction of sp³-hybridized carbons (Fsp3) is 1.00. The normalized spacial score (nSPS) is 36.8. The highest BCUT2D eigenvalue weighted by Crippen LogP contribution is 2.34. The summed E-state index contributed by atoms with van der Waals surface area (Å²) in [5, 5.41) is 3.44. The van der Waals surface area contributed by atoms with Gasteiger partial charge in [-0.2, -0.15) is 0 Å². The molecule has 1 saturated carbocycles. The Morgan fingerprint density at radius 2 is 2.25 bits per heavy atom. The number of nitrogens with two attached hydrogens (primary N) is 1. The molecule has 0 amide bonds. The zero-order valence-corrected chi connectivity index (χ0v) is 8.40. The molecule has 0 aromatic rings. The summed E-state index contributed by atoms with van der Waals surface area (Å²) in [4.78, 5) is 0. The average molecular weight is 170 g/mol. The Morgan fingerprint density at radius 3 is 2.67 bits per heavy atom. The van der Waals surface area contributed by atoms with Gasteiger partial charge in [-0.1, -0.05) is 26.2 Å². The van der Waals surface area contributed by atoms with Crippen LogP contribution in [0, 0.1) is 5.92 Å². The Balaban J connectivity index is 2.66. The van der Waals surface area contributed by atoms with Crippen LogP contribution in [0.25, 0.3) is 0 Å². The molecular weight excluding hydrogens is 148 g/mol. The van der Waals surface area contributed by atoms with E-state index in [9.17, 15) is 0 Å². The lowest BCUT2D eigenvalue weighted by molar-refractivity contribution is 0.154. The van der Waals surface area contributed by atoms with Gasteiger partial charge in [-0.25, -0.2) is 0 Å². The first-order valence-corrected chi connectivity index (χ1v) is 5.18. The SMILES string of the molecule is CCC1CCCCC1(CN)NC. The van der Waals surface area contributed by atoms with Crippen molar-refractivity contribution in [1.29, 1.82) is 0 Å². The van der Waals surface area contributed by atoms with Crippen LogP contribution in [0.3, 0.4) is 0 Å². The molecule has 2 unspecified atom stereocenters. The van der Waals surface area contributed by atoms with E-state index in [-0.39, 0.29) is 5.54 Å². The molecule has 2 atom stereocenters. The van der Waals surface area contributed by atoms with E-state index in [0.29, 0.717) is 0 Å². The maximum atomic E-state index is 5.85. The van der Waals surface area contributed by atoms with E-state index < -0.39 is 0 Å². The molecule has 1 rings (SSSR count). The summed E-state index contributed by atoms with van der Waals surface area (Å²) in [5.41, 5.74) is 6.11. The Hall–Kier alpha value is -0.0800. The van der Waals surface area contributed by atoms with Crippen molar-refractivity contribution in [2.45, 2.75) is 44.6 Å². The summed E-state index contributed by atoms with van der Waals surface area (Å²) in [5.74, 6) is 0.793. The lowest BCUT2D eigenvalue weighted by Gasteiger charge is -2.43. The second-order valence-corrected chi connectivity index (χ2v) is 3.96. The van der Waals surface area contributed by atoms with Crippen LogP contribution in [0.2, 0.25) is 0 Å². The number of nitrogens with one attached hydrogen (secondary N) is 1. The van der Waals surface area contributed by atoms with Crippen LogP contribution in [-0.4, -0.2) is 19.1 Å². The highest BCUT2D eigenvalue weighted by atomic mass is 15.0. The molecule has 12 heavy (non-hydrogen) atoms. The van der Waals surface area contributed by atoms with Gasteiger partial charge in [0, 0.05) is 12.1 Å². The lowest BCUT2D eigenvalue weighted by Crippen LogP contribution is -2.56. The molecule has 0 aromatic carbocycles. The predicted molar refractivity (Wildman–Crippen MR) is 53.1 cm³/mol. The zero-order valence-electron chi connectivity index (χ0n) is 8.40. The second kappa shape index (κ2) is 4.24. The molecule has 0 saturated heterocycles. The number of rotatable bonds is 3. The summed E-state index contributed by atoms with van der Waals surface area (Å²) in [7, 11) is 2.06. The molecule has 0 bridgehead atoms. The van der Waals surface area contributed by atoms with E-state index in [1.807, 2.05) is 0 Å². The van der Waals surface area contributed by atoms with Gasteiger partial charge < -0.3 is 11.1 Å². The van der Waals surface area contributed by atoms with Gasteiger partial charge in [-0.15, -0.1) is 0 Å². The summed E-state index contributed by atoms with van der Waals surface area (Å²) in [6.45, 7) is 3.07. The summed E-state index contributed by atoms with van der Waals surface area (Å²) in [6.07, 6.45) is 6.61. The molecule has 72 valence electrons. The van der Waals surface area contributed by atoms with E-state index in [2.05, 4.69) is 19.3 Å². The van der Waals surface area contributed by atoms with Crippen LogP contribution in [0.5, 0.6) is 0 Å². The van der Waals surface area contributed by atoms with E-state index >= 15 is 0 Å². The van der Waals surface area contributed by atoms with Gasteiger partial charge in [0.15, 0.2) is 0 Å². The zero-order chi connectivity index (χ0) is 9.03. The maximum Gasteiger partial charge on any atom is 0.0329 e. The molecule has 0 spiro atoms. The van der Waals surface area contributed by atoms with Crippen LogP contribution >= 0.6 is 0 Å². The van der Waals surface area contributed by atoms with Crippen molar-refractivity contribution >= 4 is 0 Å². The van der Waals surface area contributed by atoms with Gasteiger partial charge >= 0.3 is 0 Å². The van der Waals surface area contributed by atoms with Gasteiger partial charge in [0.05, 0.1) is 0 Å². The highest BCUT2D eigenvalue weighted by Gasteiger charge is 2.36. The fourth-order valence-corrected chi connectivity index (χ4v) is 2.61. The van der Waals surface area contributed by atoms with Crippen LogP contribution in [0.4, 0.5) is 0 Å². The Labute approximate surface area is 75.9 Å². The van der Waals surface area contributed by atoms with Crippen molar-refractivity contribution < 1.29 is 0 Å². The minimum Gasteiger partial charge on any atom is -0.329 e. The molecule has 1 fully saturated rings. The molecule has 2 heteroatoms. The summed E-state index contributed by atoms with van der Waals surface area (Å²) in [6, 6.07) is 0. The monoisotopic (exact) mass is 170 g/mol. The summed E-state index contributed by atoms with van der Waals surface area (Å²) >= 11 is 0. The van der Waals surface area contributed by atoms with E-state index in [1.165, 1.54) is 32.1 Å². The van der Waals surface area contributed by atoms with Crippen LogP contribution in [0.15, 0.2) is 0 Å². The van der Waals surface area contributed by atoms with E-state index in [0.717, 1.165) is 12.5 Å². The molecule has 1 aliphatic carbocycles. The fourth-order valence-electron chi connectivity index (χ4n) is 2.61. The lowest BCUT2D eigenvalue weighted by atomic mass is 9.71. The number of hydrogen-bond donors (Lipinski definition) is 2. The Morgan fingerprint density at radius 1 is 1.50 bits per heavy atom. The second-order valence-electron chi connectivity index (χ2n) is 3.96. The van der Waals surface area contributed by atoms with Crippen LogP contribution in [0.1, 0.15) is 39.0 Å². The third-order valence-corrected chi connectivity index (χ3v) is 3.56. The standard InChI is InChI=1S/C10H22N2/c1-3-9-6-4-5-7-10(9,8-11)12-2/h9,12H,3-8,11H2,1-2H3. The Bertz CT molecular complexity index is 130. The van der Waals surface area contributed by atoms with Crippen LogP contribution < -0.4 is 11.1 Å². The van der Waals surface area contributed by atoms with Gasteiger partial charge in [0.2, 0.25) is 0 Å². The first-order valence-electron chi connectivity index (χ1n) is 5.18. The smallest absolute Gasteiger partial charge is 0.0329 e. The van der Waals surface area contributed by atoms with Gasteiger partial charge in [-0.05, 0) is 25.8 Å². The third-order valence-electron chi connectivity index (χ3n) is 3.56. The van der Waals surface area contributed by atoms with Gasteiger partial charge in [0.25, 0.3) is 0 Å². The first kappa shape index (κ1) is 10.0. The first-order chi connectivity index (χ1) is 5.79. The van der Waals surface area contributed by atoms with E-state index in [4.69, 9.17) is 5.73 Å². The maximum absolute atomic E-state index is 5.85. The molecule has 1 aliphatic rings. The minimum absolute atomic E-state index is 0.257. The predicted octanol–water partition coefficient (Wildman–Crippen LogP) is 1.50. The molecule has 3 N–H and O–H groups in total. The van der Waals surface area contributed by atoms with Gasteiger partial charge in [0.1, 0.15) is 0 Å². The van der Waals surface area contributed by atoms with Crippen molar-refractivity contribution in [1.82, 2.24) is 5.32 Å². The van der Waals surface area contributed by atoms with Crippen molar-refractivity contribution in [2.75, 3.05) is 13.6 Å². The third kappa shape index (κ3) is 1.64. The van der Waals surface area contributed by atoms with Crippen LogP contribution in [-0.2, 0) is 0 Å². The van der Waals surface area contributed by atoms with E-state index in [1.54, 1.807) is 0 Å². The molecule has 0 aromatic heterocycles. The average Bonchev–Trinajstić information content (AvgIpc) is 2.17. The van der Waals surface area contributed by atoms with Crippen molar-refractivity contribution in [3.8, 4) is 0 Å². The quantitative estimate of drug-likeness (QED) is 0.673. The van der Waals surface area contributed by atoms with Crippen molar-refractivity contribution in [3.05, 3.63) is 0 Å². The molecule has 0 radical (unpaired) electrons. The Kier molecular flexibility index (Phi) is 3.53.